The number of rotatable bonds is 7. The van der Waals surface area contributed by atoms with E-state index >= 15 is 0 Å². The second-order valence-corrected chi connectivity index (χ2v) is 5.69. The lowest BCUT2D eigenvalue weighted by Crippen LogP contribution is -2.22. The number of nitrogens with one attached hydrogen (secondary N) is 1. The van der Waals surface area contributed by atoms with Gasteiger partial charge >= 0.3 is 5.97 Å². The van der Waals surface area contributed by atoms with Crippen molar-refractivity contribution in [1.82, 2.24) is 0 Å². The van der Waals surface area contributed by atoms with E-state index in [9.17, 15) is 9.59 Å². The Bertz CT molecular complexity index is 448. The van der Waals surface area contributed by atoms with E-state index in [1.165, 1.54) is 12.1 Å². The Balaban J connectivity index is 2.56. The summed E-state index contributed by atoms with van der Waals surface area (Å²) in [4.78, 5) is 22.7. The molecule has 4 nitrogen and oxygen atoms in total. The Labute approximate surface area is 117 Å². The lowest BCUT2D eigenvalue weighted by atomic mass is 10.2. The van der Waals surface area contributed by atoms with Gasteiger partial charge in [0.2, 0.25) is 5.91 Å². The van der Waals surface area contributed by atoms with E-state index in [1.807, 2.05) is 6.92 Å². The third kappa shape index (κ3) is 5.34. The molecule has 0 fully saturated rings. The standard InChI is InChI=1S/C14H19NO3S/c1-3-4-8-19-10(2)13(16)15-12-7-5-6-11(9-12)14(17)18/h5-7,9-10H,3-4,8H2,1-2H3,(H,15,16)(H,17,18). The van der Waals surface area contributed by atoms with E-state index < -0.39 is 5.97 Å². The lowest BCUT2D eigenvalue weighted by molar-refractivity contribution is -0.115. The van der Waals surface area contributed by atoms with Gasteiger partial charge in [0.25, 0.3) is 0 Å². The lowest BCUT2D eigenvalue weighted by Gasteiger charge is -2.12. The number of unbranched alkanes of at least 4 members (excludes halogenated alkanes) is 1. The first kappa shape index (κ1) is 15.6. The van der Waals surface area contributed by atoms with Gasteiger partial charge in [-0.3, -0.25) is 4.79 Å². The molecule has 1 amide bonds. The summed E-state index contributed by atoms with van der Waals surface area (Å²) in [6, 6.07) is 6.27. The summed E-state index contributed by atoms with van der Waals surface area (Å²) in [7, 11) is 0. The number of carboxylic acids is 1. The fraction of sp³-hybridized carbons (Fsp3) is 0.429. The molecule has 0 spiro atoms. The number of anilines is 1. The van der Waals surface area contributed by atoms with Crippen molar-refractivity contribution in [3.8, 4) is 0 Å². The summed E-state index contributed by atoms with van der Waals surface area (Å²) in [5.74, 6) is -0.134. The highest BCUT2D eigenvalue weighted by atomic mass is 32.2. The summed E-state index contributed by atoms with van der Waals surface area (Å²) in [6.07, 6.45) is 2.21. The molecule has 5 heteroatoms. The molecular formula is C14H19NO3S. The second kappa shape index (κ2) is 7.84. The second-order valence-electron chi connectivity index (χ2n) is 4.24. The van der Waals surface area contributed by atoms with Crippen molar-refractivity contribution in [3.63, 3.8) is 0 Å². The first-order valence-corrected chi connectivity index (χ1v) is 7.35. The summed E-state index contributed by atoms with van der Waals surface area (Å²) < 4.78 is 0. The molecule has 0 aromatic heterocycles. The van der Waals surface area contributed by atoms with Gasteiger partial charge in [-0.1, -0.05) is 19.4 Å². The molecule has 1 aromatic rings. The number of hydrogen-bond donors (Lipinski definition) is 2. The van der Waals surface area contributed by atoms with Crippen LogP contribution in [-0.2, 0) is 4.79 Å². The van der Waals surface area contributed by atoms with Crippen LogP contribution in [0.3, 0.4) is 0 Å². The van der Waals surface area contributed by atoms with Crippen molar-refractivity contribution in [1.29, 1.82) is 0 Å². The minimum atomic E-state index is -0.999. The zero-order valence-corrected chi connectivity index (χ0v) is 12.0. The fourth-order valence-corrected chi connectivity index (χ4v) is 2.47. The third-order valence-electron chi connectivity index (χ3n) is 2.61. The Kier molecular flexibility index (Phi) is 6.42. The van der Waals surface area contributed by atoms with Crippen LogP contribution in [0.4, 0.5) is 5.69 Å². The minimum Gasteiger partial charge on any atom is -0.478 e. The van der Waals surface area contributed by atoms with Crippen LogP contribution >= 0.6 is 11.8 Å². The van der Waals surface area contributed by atoms with Crippen molar-refractivity contribution in [3.05, 3.63) is 29.8 Å². The van der Waals surface area contributed by atoms with Gasteiger partial charge in [0.15, 0.2) is 0 Å². The van der Waals surface area contributed by atoms with E-state index in [2.05, 4.69) is 12.2 Å². The van der Waals surface area contributed by atoms with Crippen LogP contribution < -0.4 is 5.32 Å². The third-order valence-corrected chi connectivity index (χ3v) is 3.85. The minimum absolute atomic E-state index is 0.0939. The summed E-state index contributed by atoms with van der Waals surface area (Å²) in [5, 5.41) is 11.5. The average molecular weight is 281 g/mol. The topological polar surface area (TPSA) is 66.4 Å². The quantitative estimate of drug-likeness (QED) is 0.753. The zero-order chi connectivity index (χ0) is 14.3. The highest BCUT2D eigenvalue weighted by Gasteiger charge is 2.13. The molecule has 104 valence electrons. The smallest absolute Gasteiger partial charge is 0.335 e. The number of amides is 1. The maximum atomic E-state index is 11.9. The number of carbonyl (C=O) groups is 2. The number of aromatic carboxylic acids is 1. The summed E-state index contributed by atoms with van der Waals surface area (Å²) in [6.45, 7) is 3.97. The largest absolute Gasteiger partial charge is 0.478 e. The SMILES string of the molecule is CCCCSC(C)C(=O)Nc1cccc(C(=O)O)c1. The van der Waals surface area contributed by atoms with E-state index in [0.717, 1.165) is 18.6 Å². The van der Waals surface area contributed by atoms with Crippen LogP contribution in [0.15, 0.2) is 24.3 Å². The maximum Gasteiger partial charge on any atom is 0.335 e. The van der Waals surface area contributed by atoms with Gasteiger partial charge in [-0.15, -0.1) is 11.8 Å². The van der Waals surface area contributed by atoms with Crippen LogP contribution in [0.2, 0.25) is 0 Å². The molecule has 0 aliphatic carbocycles. The molecule has 0 saturated heterocycles. The van der Waals surface area contributed by atoms with Crippen molar-refractivity contribution in [2.45, 2.75) is 31.9 Å². The molecule has 0 bridgehead atoms. The highest BCUT2D eigenvalue weighted by Crippen LogP contribution is 2.16. The van der Waals surface area contributed by atoms with Crippen molar-refractivity contribution in [2.24, 2.45) is 0 Å². The normalized spacial score (nSPS) is 11.9. The molecule has 19 heavy (non-hydrogen) atoms. The number of benzene rings is 1. The molecule has 1 rings (SSSR count). The first-order chi connectivity index (χ1) is 9.04. The van der Waals surface area contributed by atoms with Gasteiger partial charge in [-0.05, 0) is 37.3 Å². The van der Waals surface area contributed by atoms with Crippen LogP contribution in [-0.4, -0.2) is 28.0 Å². The molecular weight excluding hydrogens is 262 g/mol. The molecule has 0 aliphatic heterocycles. The molecule has 1 atom stereocenters. The molecule has 0 saturated carbocycles. The Hall–Kier alpha value is -1.49. The van der Waals surface area contributed by atoms with Crippen LogP contribution in [0.5, 0.6) is 0 Å². The van der Waals surface area contributed by atoms with Crippen molar-refractivity contribution >= 4 is 29.3 Å². The number of carboxylic acid groups (broad SMARTS) is 1. The number of hydrogen-bond acceptors (Lipinski definition) is 3. The van der Waals surface area contributed by atoms with E-state index in [4.69, 9.17) is 5.11 Å². The van der Waals surface area contributed by atoms with Crippen LogP contribution in [0.1, 0.15) is 37.0 Å². The summed E-state index contributed by atoms with van der Waals surface area (Å²) >= 11 is 1.61. The zero-order valence-electron chi connectivity index (χ0n) is 11.2. The fourth-order valence-electron chi connectivity index (χ4n) is 1.45. The van der Waals surface area contributed by atoms with Crippen molar-refractivity contribution in [2.75, 3.05) is 11.1 Å². The Morgan fingerprint density at radius 1 is 1.42 bits per heavy atom. The van der Waals surface area contributed by atoms with Gasteiger partial charge in [0.1, 0.15) is 0 Å². The Morgan fingerprint density at radius 2 is 2.16 bits per heavy atom. The molecule has 2 N–H and O–H groups in total. The van der Waals surface area contributed by atoms with Gasteiger partial charge in [-0.25, -0.2) is 4.79 Å². The highest BCUT2D eigenvalue weighted by molar-refractivity contribution is 8.00. The van der Waals surface area contributed by atoms with Gasteiger partial charge < -0.3 is 10.4 Å². The van der Waals surface area contributed by atoms with E-state index in [-0.39, 0.29) is 16.7 Å². The molecule has 1 aromatic carbocycles. The molecule has 0 aliphatic rings. The number of thioether (sulfide) groups is 1. The predicted octanol–water partition coefficient (Wildman–Crippen LogP) is 3.25. The maximum absolute atomic E-state index is 11.9. The van der Waals surface area contributed by atoms with Crippen LogP contribution in [0.25, 0.3) is 0 Å². The first-order valence-electron chi connectivity index (χ1n) is 6.30. The Morgan fingerprint density at radius 3 is 2.79 bits per heavy atom. The molecule has 0 radical (unpaired) electrons. The van der Waals surface area contributed by atoms with E-state index in [1.54, 1.807) is 23.9 Å². The van der Waals surface area contributed by atoms with Gasteiger partial charge in [0, 0.05) is 5.69 Å². The average Bonchev–Trinajstić information content (AvgIpc) is 2.39. The van der Waals surface area contributed by atoms with Crippen LogP contribution in [0, 0.1) is 0 Å². The molecule has 1 unspecified atom stereocenters. The summed E-state index contributed by atoms with van der Waals surface area (Å²) in [5.41, 5.74) is 0.692. The monoisotopic (exact) mass is 281 g/mol. The number of carbonyl (C=O) groups excluding carboxylic acids is 1. The van der Waals surface area contributed by atoms with Gasteiger partial charge in [-0.2, -0.15) is 0 Å². The van der Waals surface area contributed by atoms with Crippen molar-refractivity contribution < 1.29 is 14.7 Å². The van der Waals surface area contributed by atoms with E-state index in [0.29, 0.717) is 5.69 Å². The van der Waals surface area contributed by atoms with Gasteiger partial charge in [0.05, 0.1) is 10.8 Å². The molecule has 0 heterocycles. The predicted molar refractivity (Wildman–Crippen MR) is 78.9 cm³/mol.